The second-order valence-corrected chi connectivity index (χ2v) is 8.40. The van der Waals surface area contributed by atoms with Crippen molar-refractivity contribution in [3.05, 3.63) is 96.7 Å². The summed E-state index contributed by atoms with van der Waals surface area (Å²) in [4.78, 5) is 18.3. The van der Waals surface area contributed by atoms with Crippen molar-refractivity contribution in [2.24, 2.45) is 7.05 Å². The zero-order chi connectivity index (χ0) is 23.5. The van der Waals surface area contributed by atoms with E-state index in [1.54, 1.807) is 48.8 Å². The molecule has 1 N–H and O–H groups in total. The molecule has 34 heavy (non-hydrogen) atoms. The van der Waals surface area contributed by atoms with Crippen molar-refractivity contribution in [3.63, 3.8) is 0 Å². The van der Waals surface area contributed by atoms with Crippen molar-refractivity contribution in [2.75, 3.05) is 5.32 Å². The van der Waals surface area contributed by atoms with Gasteiger partial charge in [0.25, 0.3) is 5.91 Å². The third kappa shape index (κ3) is 4.46. The van der Waals surface area contributed by atoms with Gasteiger partial charge in [0.2, 0.25) is 5.89 Å². The van der Waals surface area contributed by atoms with Crippen LogP contribution in [0.2, 0.25) is 0 Å². The highest BCUT2D eigenvalue weighted by Crippen LogP contribution is 2.30. The molecule has 0 fully saturated rings. The normalized spacial score (nSPS) is 10.9. The SMILES string of the molecule is Cn1cnnc1Sc1ccc(NC(=O)c2ccccc2-c2ncc(-c3ccccc3F)o2)cc1. The number of anilines is 1. The molecule has 168 valence electrons. The van der Waals surface area contributed by atoms with E-state index in [-0.39, 0.29) is 11.8 Å². The van der Waals surface area contributed by atoms with Crippen molar-refractivity contribution in [1.29, 1.82) is 0 Å². The van der Waals surface area contributed by atoms with Gasteiger partial charge < -0.3 is 14.3 Å². The van der Waals surface area contributed by atoms with E-state index in [1.807, 2.05) is 35.9 Å². The highest BCUT2D eigenvalue weighted by Gasteiger charge is 2.18. The highest BCUT2D eigenvalue weighted by molar-refractivity contribution is 7.99. The number of benzene rings is 3. The summed E-state index contributed by atoms with van der Waals surface area (Å²) in [7, 11) is 1.88. The first-order chi connectivity index (χ1) is 16.6. The fourth-order valence-corrected chi connectivity index (χ4v) is 4.09. The van der Waals surface area contributed by atoms with E-state index in [1.165, 1.54) is 24.0 Å². The molecule has 0 aliphatic carbocycles. The zero-order valence-corrected chi connectivity index (χ0v) is 18.8. The predicted octanol–water partition coefficient (Wildman–Crippen LogP) is 5.68. The fraction of sp³-hybridized carbons (Fsp3) is 0.0400. The summed E-state index contributed by atoms with van der Waals surface area (Å²) in [6, 6.07) is 20.7. The minimum Gasteiger partial charge on any atom is -0.436 e. The number of amides is 1. The first-order valence-corrected chi connectivity index (χ1v) is 11.1. The van der Waals surface area contributed by atoms with Gasteiger partial charge in [0, 0.05) is 23.2 Å². The smallest absolute Gasteiger partial charge is 0.256 e. The van der Waals surface area contributed by atoms with Crippen LogP contribution in [-0.4, -0.2) is 25.7 Å². The number of nitrogens with zero attached hydrogens (tertiary/aromatic N) is 4. The highest BCUT2D eigenvalue weighted by atomic mass is 32.2. The summed E-state index contributed by atoms with van der Waals surface area (Å²) < 4.78 is 21.8. The van der Waals surface area contributed by atoms with Crippen LogP contribution < -0.4 is 5.32 Å². The van der Waals surface area contributed by atoms with Gasteiger partial charge in [-0.25, -0.2) is 9.37 Å². The lowest BCUT2D eigenvalue weighted by molar-refractivity contribution is 0.102. The first-order valence-electron chi connectivity index (χ1n) is 10.3. The Hall–Kier alpha value is -4.24. The third-order valence-corrected chi connectivity index (χ3v) is 6.10. The molecule has 2 aromatic heterocycles. The van der Waals surface area contributed by atoms with E-state index in [0.29, 0.717) is 28.1 Å². The summed E-state index contributed by atoms with van der Waals surface area (Å²) in [5.74, 6) is -0.189. The van der Waals surface area contributed by atoms with Crippen LogP contribution in [0.3, 0.4) is 0 Å². The standard InChI is InChI=1S/C25H18FN5O2S/c1-31-15-28-30-25(31)34-17-12-10-16(11-13-17)29-23(32)18-6-2-3-7-19(18)24-27-14-22(33-24)20-8-4-5-9-21(20)26/h2-15H,1H3,(H,29,32). The van der Waals surface area contributed by atoms with Crippen LogP contribution in [0.25, 0.3) is 22.8 Å². The molecular formula is C25H18FN5O2S. The van der Waals surface area contributed by atoms with Gasteiger partial charge in [0.1, 0.15) is 12.1 Å². The molecule has 0 aliphatic heterocycles. The van der Waals surface area contributed by atoms with Gasteiger partial charge in [-0.3, -0.25) is 4.79 Å². The Kier molecular flexibility index (Phi) is 5.92. The number of halogens is 1. The molecule has 0 saturated heterocycles. The predicted molar refractivity (Wildman–Crippen MR) is 127 cm³/mol. The van der Waals surface area contributed by atoms with Crippen molar-refractivity contribution >= 4 is 23.4 Å². The van der Waals surface area contributed by atoms with E-state index >= 15 is 0 Å². The molecule has 0 saturated carbocycles. The quantitative estimate of drug-likeness (QED) is 0.343. The van der Waals surface area contributed by atoms with Gasteiger partial charge >= 0.3 is 0 Å². The topological polar surface area (TPSA) is 85.8 Å². The number of rotatable bonds is 6. The molecule has 3 aromatic carbocycles. The maximum atomic E-state index is 14.1. The summed E-state index contributed by atoms with van der Waals surface area (Å²) in [5, 5.41) is 11.6. The Morgan fingerprint density at radius 3 is 2.47 bits per heavy atom. The van der Waals surface area contributed by atoms with Crippen LogP contribution in [0.5, 0.6) is 0 Å². The summed E-state index contributed by atoms with van der Waals surface area (Å²) in [6.07, 6.45) is 3.09. The number of carbonyl (C=O) groups is 1. The summed E-state index contributed by atoms with van der Waals surface area (Å²) in [6.45, 7) is 0. The van der Waals surface area contributed by atoms with E-state index in [0.717, 1.165) is 10.1 Å². The van der Waals surface area contributed by atoms with Crippen LogP contribution in [-0.2, 0) is 7.05 Å². The lowest BCUT2D eigenvalue weighted by atomic mass is 10.1. The number of aromatic nitrogens is 4. The van der Waals surface area contributed by atoms with Gasteiger partial charge in [-0.1, -0.05) is 24.3 Å². The third-order valence-electron chi connectivity index (χ3n) is 5.04. The van der Waals surface area contributed by atoms with E-state index in [9.17, 15) is 9.18 Å². The molecule has 0 unspecified atom stereocenters. The maximum Gasteiger partial charge on any atom is 0.256 e. The first kappa shape index (κ1) is 21.6. The fourth-order valence-electron chi connectivity index (χ4n) is 3.33. The van der Waals surface area contributed by atoms with Crippen LogP contribution in [0.1, 0.15) is 10.4 Å². The lowest BCUT2D eigenvalue weighted by Gasteiger charge is -2.09. The second-order valence-electron chi connectivity index (χ2n) is 7.36. The number of aryl methyl sites for hydroxylation is 1. The molecule has 7 nitrogen and oxygen atoms in total. The average molecular weight is 472 g/mol. The van der Waals surface area contributed by atoms with Gasteiger partial charge in [0.05, 0.1) is 17.3 Å². The lowest BCUT2D eigenvalue weighted by Crippen LogP contribution is -2.13. The van der Waals surface area contributed by atoms with Gasteiger partial charge in [-0.05, 0) is 60.3 Å². The molecule has 1 amide bonds. The van der Waals surface area contributed by atoms with Crippen LogP contribution in [0.4, 0.5) is 10.1 Å². The molecule has 0 bridgehead atoms. The molecule has 0 spiro atoms. The van der Waals surface area contributed by atoms with Gasteiger partial charge in [0.15, 0.2) is 10.9 Å². The number of hydrogen-bond donors (Lipinski definition) is 1. The van der Waals surface area contributed by atoms with Gasteiger partial charge in [-0.2, -0.15) is 0 Å². The molecule has 2 heterocycles. The average Bonchev–Trinajstić information content (AvgIpc) is 3.50. The molecule has 0 atom stereocenters. The van der Waals surface area contributed by atoms with Crippen molar-refractivity contribution in [1.82, 2.24) is 19.7 Å². The molecule has 5 aromatic rings. The Labute approximate surface area is 198 Å². The molecule has 0 aliphatic rings. The van der Waals surface area contributed by atoms with Crippen LogP contribution in [0.15, 0.2) is 99.8 Å². The largest absolute Gasteiger partial charge is 0.436 e. The Morgan fingerprint density at radius 1 is 1.00 bits per heavy atom. The van der Waals surface area contributed by atoms with Crippen LogP contribution in [0, 0.1) is 5.82 Å². The van der Waals surface area contributed by atoms with E-state index in [4.69, 9.17) is 4.42 Å². The molecule has 5 rings (SSSR count). The Bertz CT molecular complexity index is 1460. The number of oxazole rings is 1. The Morgan fingerprint density at radius 2 is 1.74 bits per heavy atom. The minimum absolute atomic E-state index is 0.236. The minimum atomic E-state index is -0.406. The number of nitrogens with one attached hydrogen (secondary N) is 1. The van der Waals surface area contributed by atoms with E-state index < -0.39 is 5.82 Å². The monoisotopic (exact) mass is 471 g/mol. The van der Waals surface area contributed by atoms with E-state index in [2.05, 4.69) is 20.5 Å². The zero-order valence-electron chi connectivity index (χ0n) is 18.0. The van der Waals surface area contributed by atoms with Crippen LogP contribution >= 0.6 is 11.8 Å². The summed E-state index contributed by atoms with van der Waals surface area (Å²) in [5.41, 5.74) is 1.85. The van der Waals surface area contributed by atoms with Crippen molar-refractivity contribution in [2.45, 2.75) is 10.1 Å². The van der Waals surface area contributed by atoms with Crippen molar-refractivity contribution in [3.8, 4) is 22.8 Å². The molecule has 9 heteroatoms. The second kappa shape index (κ2) is 9.32. The number of carbonyl (C=O) groups excluding carboxylic acids is 1. The summed E-state index contributed by atoms with van der Waals surface area (Å²) >= 11 is 1.48. The number of hydrogen-bond acceptors (Lipinski definition) is 6. The Balaban J connectivity index is 1.35. The molecule has 0 radical (unpaired) electrons. The maximum absolute atomic E-state index is 14.1. The van der Waals surface area contributed by atoms with Gasteiger partial charge in [-0.15, -0.1) is 10.2 Å². The van der Waals surface area contributed by atoms with Crippen molar-refractivity contribution < 1.29 is 13.6 Å². The molecular weight excluding hydrogens is 453 g/mol.